The Bertz CT molecular complexity index is 462. The van der Waals surface area contributed by atoms with Gasteiger partial charge in [-0.25, -0.2) is 13.2 Å². The van der Waals surface area contributed by atoms with Crippen LogP contribution in [-0.2, 0) is 19.4 Å². The van der Waals surface area contributed by atoms with E-state index in [2.05, 4.69) is 10.6 Å². The van der Waals surface area contributed by atoms with E-state index in [1.807, 2.05) is 6.92 Å². The van der Waals surface area contributed by atoms with Crippen LogP contribution in [0.2, 0.25) is 0 Å². The number of hydrogen-bond acceptors (Lipinski definition) is 5. The molecule has 1 aliphatic rings. The van der Waals surface area contributed by atoms with Gasteiger partial charge in [-0.2, -0.15) is 0 Å². The Balaban J connectivity index is 2.56. The maximum absolute atomic E-state index is 12.0. The van der Waals surface area contributed by atoms with Crippen molar-refractivity contribution in [2.45, 2.75) is 38.3 Å². The first kappa shape index (κ1) is 16.9. The van der Waals surface area contributed by atoms with Gasteiger partial charge in [0.15, 0.2) is 0 Å². The Morgan fingerprint density at radius 1 is 1.45 bits per heavy atom. The van der Waals surface area contributed by atoms with Crippen molar-refractivity contribution in [3.05, 3.63) is 0 Å². The number of amides is 1. The average Bonchev–Trinajstić information content (AvgIpc) is 2.32. The molecular formula is C12H22N2O5S. The number of piperidine rings is 1. The number of sulfone groups is 1. The first-order chi connectivity index (χ1) is 9.19. The second-order valence-corrected chi connectivity index (χ2v) is 7.71. The maximum atomic E-state index is 12.0. The molecule has 1 saturated heterocycles. The summed E-state index contributed by atoms with van der Waals surface area (Å²) in [4.78, 5) is 23.1. The second-order valence-electron chi connectivity index (χ2n) is 5.45. The van der Waals surface area contributed by atoms with Crippen LogP contribution in [0.1, 0.15) is 26.2 Å². The van der Waals surface area contributed by atoms with E-state index >= 15 is 0 Å². The highest BCUT2D eigenvalue weighted by Gasteiger charge is 2.28. The molecule has 7 nitrogen and oxygen atoms in total. The molecule has 3 N–H and O–H groups in total. The second kappa shape index (κ2) is 7.03. The van der Waals surface area contributed by atoms with Crippen LogP contribution in [0.25, 0.3) is 0 Å². The first-order valence-electron chi connectivity index (χ1n) is 6.63. The van der Waals surface area contributed by atoms with Crippen LogP contribution >= 0.6 is 0 Å². The third kappa shape index (κ3) is 5.87. The molecule has 1 heterocycles. The summed E-state index contributed by atoms with van der Waals surface area (Å²) >= 11 is 0. The van der Waals surface area contributed by atoms with Gasteiger partial charge in [-0.15, -0.1) is 0 Å². The van der Waals surface area contributed by atoms with Gasteiger partial charge in [-0.05, 0) is 31.7 Å². The molecule has 8 heteroatoms. The molecule has 0 saturated carbocycles. The van der Waals surface area contributed by atoms with Crippen molar-refractivity contribution in [1.82, 2.24) is 10.6 Å². The van der Waals surface area contributed by atoms with E-state index in [-0.39, 0.29) is 18.1 Å². The number of rotatable bonds is 6. The van der Waals surface area contributed by atoms with Crippen molar-refractivity contribution in [1.29, 1.82) is 0 Å². The minimum Gasteiger partial charge on any atom is -0.480 e. The molecule has 0 bridgehead atoms. The van der Waals surface area contributed by atoms with E-state index in [1.165, 1.54) is 0 Å². The lowest BCUT2D eigenvalue weighted by Gasteiger charge is -2.28. The summed E-state index contributed by atoms with van der Waals surface area (Å²) in [7, 11) is -3.25. The highest BCUT2D eigenvalue weighted by molar-refractivity contribution is 7.90. The normalized spacial score (nSPS) is 24.9. The van der Waals surface area contributed by atoms with Crippen molar-refractivity contribution < 1.29 is 23.1 Å². The van der Waals surface area contributed by atoms with Crippen molar-refractivity contribution in [2.75, 3.05) is 18.6 Å². The minimum atomic E-state index is -3.25. The zero-order chi connectivity index (χ0) is 15.3. The van der Waals surface area contributed by atoms with Gasteiger partial charge in [0.1, 0.15) is 15.9 Å². The molecule has 1 rings (SSSR count). The van der Waals surface area contributed by atoms with E-state index in [9.17, 15) is 18.0 Å². The first-order valence-corrected chi connectivity index (χ1v) is 8.69. The highest BCUT2D eigenvalue weighted by atomic mass is 32.2. The summed E-state index contributed by atoms with van der Waals surface area (Å²) in [6, 6.07) is -1.57. The predicted octanol–water partition coefficient (Wildman–Crippen LogP) is -0.621. The Labute approximate surface area is 119 Å². The van der Waals surface area contributed by atoms with Crippen LogP contribution in [0.5, 0.6) is 0 Å². The fourth-order valence-corrected chi connectivity index (χ4v) is 2.83. The van der Waals surface area contributed by atoms with E-state index in [0.29, 0.717) is 12.3 Å². The minimum absolute atomic E-state index is 0.123. The van der Waals surface area contributed by atoms with E-state index < -0.39 is 27.9 Å². The van der Waals surface area contributed by atoms with E-state index in [0.717, 1.165) is 19.2 Å². The van der Waals surface area contributed by atoms with Crippen LogP contribution < -0.4 is 10.6 Å². The molecule has 1 amide bonds. The summed E-state index contributed by atoms with van der Waals surface area (Å²) in [6.07, 6.45) is 2.56. The fourth-order valence-electron chi connectivity index (χ4n) is 2.17. The van der Waals surface area contributed by atoms with Crippen molar-refractivity contribution >= 4 is 21.7 Å². The fraction of sp³-hybridized carbons (Fsp3) is 0.833. The molecule has 0 aromatic rings. The van der Waals surface area contributed by atoms with Crippen molar-refractivity contribution in [2.24, 2.45) is 5.92 Å². The zero-order valence-electron chi connectivity index (χ0n) is 11.8. The molecule has 0 aliphatic carbocycles. The third-order valence-corrected chi connectivity index (χ3v) is 4.35. The van der Waals surface area contributed by atoms with Crippen LogP contribution in [0, 0.1) is 5.92 Å². The molecule has 0 spiro atoms. The Hall–Kier alpha value is -1.15. The van der Waals surface area contributed by atoms with Crippen molar-refractivity contribution in [3.8, 4) is 0 Å². The lowest BCUT2D eigenvalue weighted by atomic mass is 9.94. The van der Waals surface area contributed by atoms with Gasteiger partial charge in [0.25, 0.3) is 0 Å². The summed E-state index contributed by atoms with van der Waals surface area (Å²) in [5, 5.41) is 14.5. The SMILES string of the molecule is CC1CCNC(C(=O)NC(CCS(C)(=O)=O)C(=O)O)C1. The van der Waals surface area contributed by atoms with Gasteiger partial charge >= 0.3 is 5.97 Å². The predicted molar refractivity (Wildman–Crippen MR) is 74.1 cm³/mol. The van der Waals surface area contributed by atoms with Crippen LogP contribution in [-0.4, -0.2) is 56.0 Å². The smallest absolute Gasteiger partial charge is 0.326 e. The molecule has 1 aliphatic heterocycles. The highest BCUT2D eigenvalue weighted by Crippen LogP contribution is 2.15. The van der Waals surface area contributed by atoms with Gasteiger partial charge in [0, 0.05) is 6.26 Å². The van der Waals surface area contributed by atoms with Gasteiger partial charge in [0.05, 0.1) is 11.8 Å². The lowest BCUT2D eigenvalue weighted by molar-refractivity contribution is -0.142. The molecule has 0 radical (unpaired) electrons. The number of carboxylic acids is 1. The van der Waals surface area contributed by atoms with Crippen LogP contribution in [0.3, 0.4) is 0 Å². The summed E-state index contributed by atoms with van der Waals surface area (Å²) in [6.45, 7) is 2.76. The number of hydrogen-bond donors (Lipinski definition) is 3. The Kier molecular flexibility index (Phi) is 5.94. The molecule has 0 aromatic heterocycles. The number of carboxylic acid groups (broad SMARTS) is 1. The number of carbonyl (C=O) groups is 2. The zero-order valence-corrected chi connectivity index (χ0v) is 12.6. The topological polar surface area (TPSA) is 113 Å². The van der Waals surface area contributed by atoms with E-state index in [1.54, 1.807) is 0 Å². The molecule has 3 unspecified atom stereocenters. The third-order valence-electron chi connectivity index (χ3n) is 3.37. The monoisotopic (exact) mass is 306 g/mol. The number of carbonyl (C=O) groups excluding carboxylic acids is 1. The Morgan fingerprint density at radius 3 is 2.60 bits per heavy atom. The van der Waals surface area contributed by atoms with Crippen LogP contribution in [0.15, 0.2) is 0 Å². The standard InChI is InChI=1S/C12H22N2O5S/c1-8-3-5-13-10(7-8)11(15)14-9(12(16)17)4-6-20(2,18)19/h8-10,13H,3-7H2,1-2H3,(H,14,15)(H,16,17). The van der Waals surface area contributed by atoms with Crippen molar-refractivity contribution in [3.63, 3.8) is 0 Å². The molecule has 1 fully saturated rings. The van der Waals surface area contributed by atoms with Gasteiger partial charge in [-0.3, -0.25) is 4.79 Å². The summed E-state index contributed by atoms with van der Waals surface area (Å²) < 4.78 is 22.1. The molecule has 20 heavy (non-hydrogen) atoms. The average molecular weight is 306 g/mol. The quantitative estimate of drug-likeness (QED) is 0.603. The van der Waals surface area contributed by atoms with E-state index in [4.69, 9.17) is 5.11 Å². The molecule has 116 valence electrons. The summed E-state index contributed by atoms with van der Waals surface area (Å²) in [5.74, 6) is -1.45. The summed E-state index contributed by atoms with van der Waals surface area (Å²) in [5.41, 5.74) is 0. The molecule has 3 atom stereocenters. The maximum Gasteiger partial charge on any atom is 0.326 e. The molecule has 0 aromatic carbocycles. The van der Waals surface area contributed by atoms with Gasteiger partial charge in [-0.1, -0.05) is 6.92 Å². The molecular weight excluding hydrogens is 284 g/mol. The van der Waals surface area contributed by atoms with Gasteiger partial charge < -0.3 is 15.7 Å². The van der Waals surface area contributed by atoms with Gasteiger partial charge in [0.2, 0.25) is 5.91 Å². The lowest BCUT2D eigenvalue weighted by Crippen LogP contribution is -2.53. The number of aliphatic carboxylic acids is 1. The largest absolute Gasteiger partial charge is 0.480 e. The number of nitrogens with one attached hydrogen (secondary N) is 2. The Morgan fingerprint density at radius 2 is 2.10 bits per heavy atom. The van der Waals surface area contributed by atoms with Crippen LogP contribution in [0.4, 0.5) is 0 Å².